The predicted octanol–water partition coefficient (Wildman–Crippen LogP) is 8.58. The molecule has 0 bridgehead atoms. The van der Waals surface area contributed by atoms with Crippen molar-refractivity contribution in [3.8, 4) is 0 Å². The normalized spacial score (nSPS) is 21.2. The summed E-state index contributed by atoms with van der Waals surface area (Å²) in [5, 5.41) is 0. The summed E-state index contributed by atoms with van der Waals surface area (Å²) in [5.41, 5.74) is 0. The molecule has 0 radical (unpaired) electrons. The maximum Gasteiger partial charge on any atom is 0.224 e. The molecule has 40 heteroatoms. The van der Waals surface area contributed by atoms with Gasteiger partial charge in [0.25, 0.3) is 0 Å². The second-order valence-corrected chi connectivity index (χ2v) is 40.0. The third-order valence-electron chi connectivity index (χ3n) is 28.6. The zero-order valence-electron chi connectivity index (χ0n) is 87.2. The number of ether oxygens (including phenoxy) is 8. The highest BCUT2D eigenvalue weighted by molar-refractivity contribution is 5.83. The molecule has 16 aliphatic heterocycles. The molecule has 0 atom stereocenters. The van der Waals surface area contributed by atoms with Crippen LogP contribution < -0.4 is 0 Å². The average Bonchev–Trinajstić information content (AvgIpc) is 1.89. The lowest BCUT2D eigenvalue weighted by atomic mass is 10.1. The largest absolute Gasteiger partial charge is 0.361 e. The summed E-state index contributed by atoms with van der Waals surface area (Å²) in [6.07, 6.45) is 45.3. The molecule has 0 saturated carbocycles. The maximum atomic E-state index is 11.8. The van der Waals surface area contributed by atoms with Gasteiger partial charge in [0.05, 0.1) is 26.4 Å². The second-order valence-electron chi connectivity index (χ2n) is 40.0. The molecule has 144 heavy (non-hydrogen) atoms. The van der Waals surface area contributed by atoms with Crippen molar-refractivity contribution in [1.82, 2.24) is 78.4 Å². The van der Waals surface area contributed by atoms with Gasteiger partial charge < -0.3 is 116 Å². The number of hydrogen-bond acceptors (Lipinski definition) is 24. The average molecular weight is 2030 g/mol. The molecule has 16 heterocycles. The Morgan fingerprint density at radius 1 is 0.118 bits per heavy atom. The van der Waals surface area contributed by atoms with E-state index < -0.39 is 0 Å². The van der Waals surface area contributed by atoms with Crippen LogP contribution in [0.2, 0.25) is 0 Å². The topological polar surface area (TPSA) is 399 Å². The van der Waals surface area contributed by atoms with Gasteiger partial charge in [-0.1, -0.05) is 25.7 Å². The van der Waals surface area contributed by atoms with Crippen LogP contribution in [0, 0.1) is 0 Å². The quantitative estimate of drug-likeness (QED) is 0.0515. The number of rotatable bonds is 44. The fourth-order valence-corrected chi connectivity index (χ4v) is 19.7. The fraction of sp³-hybridized carbons (Fsp3) is 0.846. The Balaban J connectivity index is 0.000000183. The Morgan fingerprint density at radius 3 is 0.451 bits per heavy atom. The minimum Gasteiger partial charge on any atom is -0.361 e. The van der Waals surface area contributed by atoms with Crippen molar-refractivity contribution in [1.29, 1.82) is 0 Å². The third kappa shape index (κ3) is 46.7. The molecule has 16 amide bonds. The van der Waals surface area contributed by atoms with Crippen LogP contribution in [-0.4, -0.2) is 424 Å². The van der Waals surface area contributed by atoms with Gasteiger partial charge in [0.15, 0.2) is 0 Å². The molecule has 0 aromatic rings. The van der Waals surface area contributed by atoms with Crippen LogP contribution in [0.1, 0.15) is 321 Å². The number of carbonyl (C=O) groups excluding carboxylic acids is 16. The summed E-state index contributed by atoms with van der Waals surface area (Å²) in [6.45, 7) is 25.3. The Bertz CT molecular complexity index is 3890. The van der Waals surface area contributed by atoms with Crippen molar-refractivity contribution in [2.75, 3.05) is 251 Å². The van der Waals surface area contributed by atoms with Crippen LogP contribution >= 0.6 is 0 Å². The van der Waals surface area contributed by atoms with E-state index in [1.807, 2.05) is 29.4 Å². The highest BCUT2D eigenvalue weighted by atomic mass is 16.5. The van der Waals surface area contributed by atoms with Crippen LogP contribution in [0.25, 0.3) is 0 Å². The van der Waals surface area contributed by atoms with Gasteiger partial charge in [-0.25, -0.2) is 0 Å². The van der Waals surface area contributed by atoms with Gasteiger partial charge in [0.1, 0.15) is 67.3 Å². The minimum atomic E-state index is 0.157. The van der Waals surface area contributed by atoms with Crippen LogP contribution in [0.3, 0.4) is 0 Å². The molecule has 816 valence electrons. The van der Waals surface area contributed by atoms with Crippen molar-refractivity contribution in [3.63, 3.8) is 0 Å². The van der Waals surface area contributed by atoms with Gasteiger partial charge in [-0.15, -0.1) is 0 Å². The van der Waals surface area contributed by atoms with Crippen LogP contribution in [-0.2, 0) is 115 Å². The molecule has 16 fully saturated rings. The number of piperidine rings is 4. The monoisotopic (exact) mass is 2030 g/mol. The lowest BCUT2D eigenvalue weighted by Crippen LogP contribution is -2.38. The molecule has 16 aliphatic rings. The van der Waals surface area contributed by atoms with Crippen molar-refractivity contribution in [2.45, 2.75) is 321 Å². The lowest BCUT2D eigenvalue weighted by molar-refractivity contribution is -0.145. The molecule has 0 spiro atoms. The Kier molecular flexibility index (Phi) is 58.5. The summed E-state index contributed by atoms with van der Waals surface area (Å²) in [7, 11) is 0. The first-order valence-corrected chi connectivity index (χ1v) is 55.2. The minimum absolute atomic E-state index is 0.157. The number of amides is 16. The first-order chi connectivity index (χ1) is 70.2. The zero-order chi connectivity index (χ0) is 102. The van der Waals surface area contributed by atoms with Gasteiger partial charge in [-0.3, -0.25) is 76.7 Å². The fourth-order valence-electron chi connectivity index (χ4n) is 19.7. The summed E-state index contributed by atoms with van der Waals surface area (Å²) < 4.78 is 43.8. The van der Waals surface area contributed by atoms with E-state index in [1.165, 1.54) is 6.42 Å². The molecular formula is C104H176N16O24. The molecule has 0 unspecified atom stereocenters. The Labute approximate surface area is 855 Å². The summed E-state index contributed by atoms with van der Waals surface area (Å²) in [6, 6.07) is 0. The molecule has 0 aromatic carbocycles. The molecule has 0 N–H and O–H groups in total. The van der Waals surface area contributed by atoms with Crippen LogP contribution in [0.4, 0.5) is 0 Å². The van der Waals surface area contributed by atoms with Gasteiger partial charge in [-0.05, 0) is 193 Å². The van der Waals surface area contributed by atoms with E-state index in [2.05, 4.69) is 0 Å². The van der Waals surface area contributed by atoms with E-state index in [1.54, 1.807) is 49.0 Å². The molecular weight excluding hydrogens is 1860 g/mol. The molecule has 40 nitrogen and oxygen atoms in total. The maximum absolute atomic E-state index is 11.8. The number of hydrogen-bond donors (Lipinski definition) is 0. The van der Waals surface area contributed by atoms with Gasteiger partial charge in [-0.2, -0.15) is 0 Å². The number of unbranched alkanes of at least 4 members (excludes halogenated alkanes) is 2. The molecule has 0 aromatic heterocycles. The second kappa shape index (κ2) is 70.9. The van der Waals surface area contributed by atoms with E-state index in [4.69, 9.17) is 37.9 Å². The van der Waals surface area contributed by atoms with Gasteiger partial charge in [0.2, 0.25) is 94.5 Å². The Hall–Kier alpha value is -8.80. The number of nitrogens with zero attached hydrogens (tertiary/aromatic N) is 16. The third-order valence-corrected chi connectivity index (χ3v) is 28.6. The van der Waals surface area contributed by atoms with Gasteiger partial charge >= 0.3 is 0 Å². The first kappa shape index (κ1) is 119. The SMILES string of the molecule is O=C1CCCCCN1CCCCOCN1CCCC1=O.O=C1CCCCCN1CCCOCN1CCCC1=O.O=C1CCCCCN1CCOCN1CCCC1=O.O=C1CCCCCN1COCN1CCCC1=O.O=C1CCCCN1CCCCOCN1CCCC1=O.O=C1CCCCN1CCCOCN1CCCC1=O.O=C1CCCCN1CCOCN1CCCC1=O.O=C1CCCCN1COCN1CCCC1=O. The van der Waals surface area contributed by atoms with Crippen molar-refractivity contribution < 1.29 is 115 Å². The van der Waals surface area contributed by atoms with E-state index in [0.29, 0.717) is 235 Å². The van der Waals surface area contributed by atoms with Gasteiger partial charge in [0, 0.05) is 260 Å². The number of likely N-dealkylation sites (tertiary alicyclic amines) is 16. The summed E-state index contributed by atoms with van der Waals surface area (Å²) >= 11 is 0. The predicted molar refractivity (Wildman–Crippen MR) is 534 cm³/mol. The standard InChI is InChI=1S/C15H26N2O3.2C14H24N2O3.2C13H22N2O3.2C12H20N2O3.C11H18N2O3/c18-14-7-2-1-3-9-16(14)10-4-5-12-20-13-17-11-6-8-15(17)19;17-13-6-1-2-8-15(13)9-3-4-11-19-12-16-10-5-7-14(16)18;17-13-6-2-1-3-8-15(13)10-5-11-19-12-16-9-4-7-14(16)18;16-12-5-1-2-7-14(12)9-4-10-18-11-15-8-3-6-13(15)17;16-12-5-2-1-3-7-14(12)9-10-18-11-15-8-4-6-13(15)17;15-11-4-1-2-6-13(11)8-9-17-10-14-7-3-5-12(14)16;15-11-5-2-1-3-7-13(11)9-17-10-14-8-4-6-12(14)16;14-10-4-1-2-6-12(10)8-16-9-13-7-3-5-11(13)15/h1-13H2;2*1-12H2;2*1-11H2;2*1-10H2;1-9H2. The first-order valence-electron chi connectivity index (χ1n) is 55.2. The van der Waals surface area contributed by atoms with Crippen molar-refractivity contribution >= 4 is 94.5 Å². The zero-order valence-corrected chi connectivity index (χ0v) is 87.2. The van der Waals surface area contributed by atoms with E-state index in [-0.39, 0.29) is 82.7 Å². The Morgan fingerprint density at radius 2 is 0.250 bits per heavy atom. The highest BCUT2D eigenvalue weighted by Gasteiger charge is 2.31. The van der Waals surface area contributed by atoms with E-state index in [0.717, 1.165) is 343 Å². The van der Waals surface area contributed by atoms with Crippen LogP contribution in [0.15, 0.2) is 0 Å². The van der Waals surface area contributed by atoms with E-state index in [9.17, 15) is 76.7 Å². The summed E-state index contributed by atoms with van der Waals surface area (Å²) in [4.78, 5) is 213. The molecule has 16 rings (SSSR count). The number of carbonyl (C=O) groups is 16. The van der Waals surface area contributed by atoms with Crippen LogP contribution in [0.5, 0.6) is 0 Å². The highest BCUT2D eigenvalue weighted by Crippen LogP contribution is 2.23. The lowest BCUT2D eigenvalue weighted by Gasteiger charge is -2.27. The summed E-state index contributed by atoms with van der Waals surface area (Å²) in [5.74, 6) is 3.48. The molecule has 16 saturated heterocycles. The van der Waals surface area contributed by atoms with Crippen molar-refractivity contribution in [2.24, 2.45) is 0 Å². The smallest absolute Gasteiger partial charge is 0.224 e. The molecule has 0 aliphatic carbocycles. The van der Waals surface area contributed by atoms with Crippen molar-refractivity contribution in [3.05, 3.63) is 0 Å². The van der Waals surface area contributed by atoms with E-state index >= 15 is 0 Å².